The lowest BCUT2D eigenvalue weighted by Crippen LogP contribution is -2.38. The largest absolute Gasteiger partial charge is 0.370 e. The van der Waals surface area contributed by atoms with Gasteiger partial charge in [-0.2, -0.15) is 0 Å². The molecule has 1 aliphatic carbocycles. The second-order valence-electron chi connectivity index (χ2n) is 4.64. The van der Waals surface area contributed by atoms with Gasteiger partial charge in [-0.3, -0.25) is 9.59 Å². The van der Waals surface area contributed by atoms with Crippen LogP contribution in [0.1, 0.15) is 44.9 Å². The second-order valence-corrected chi connectivity index (χ2v) is 4.64. The third kappa shape index (κ3) is 6.94. The van der Waals surface area contributed by atoms with Crippen LogP contribution >= 0.6 is 0 Å². The summed E-state index contributed by atoms with van der Waals surface area (Å²) in [7, 11) is 0. The van der Waals surface area contributed by atoms with E-state index in [0.29, 0.717) is 25.6 Å². The number of amides is 2. The molecule has 0 aromatic heterocycles. The number of hydrogen-bond acceptors (Lipinski definition) is 3. The molecule has 98 valence electrons. The van der Waals surface area contributed by atoms with E-state index in [-0.39, 0.29) is 11.8 Å². The molecule has 0 atom stereocenters. The number of unbranched alkanes of at least 4 members (excludes halogenated alkanes) is 1. The summed E-state index contributed by atoms with van der Waals surface area (Å²) >= 11 is 0. The van der Waals surface area contributed by atoms with E-state index in [1.807, 2.05) is 0 Å². The van der Waals surface area contributed by atoms with Crippen LogP contribution in [0.2, 0.25) is 0 Å². The molecule has 0 spiro atoms. The highest BCUT2D eigenvalue weighted by Crippen LogP contribution is 2.17. The van der Waals surface area contributed by atoms with Gasteiger partial charge in [-0.25, -0.2) is 0 Å². The van der Waals surface area contributed by atoms with Crippen LogP contribution < -0.4 is 16.4 Å². The van der Waals surface area contributed by atoms with Crippen LogP contribution in [0.25, 0.3) is 0 Å². The number of carbonyl (C=O) groups is 2. The lowest BCUT2D eigenvalue weighted by atomic mass is 10.2. The summed E-state index contributed by atoms with van der Waals surface area (Å²) in [6.07, 6.45) is 6.86. The summed E-state index contributed by atoms with van der Waals surface area (Å²) in [5.74, 6) is -0.241. The average molecular weight is 241 g/mol. The third-order valence-corrected chi connectivity index (χ3v) is 3.08. The fraction of sp³-hybridized carbons (Fsp3) is 0.833. The van der Waals surface area contributed by atoms with Crippen LogP contribution in [-0.2, 0) is 9.59 Å². The van der Waals surface area contributed by atoms with Gasteiger partial charge in [0, 0.05) is 19.0 Å². The highest BCUT2D eigenvalue weighted by molar-refractivity contribution is 5.78. The molecule has 0 unspecified atom stereocenters. The normalized spacial score (nSPS) is 16.0. The SMILES string of the molecule is NC(=O)CCCCNC(=O)CNC1CCCC1. The van der Waals surface area contributed by atoms with Crippen LogP contribution in [-0.4, -0.2) is 30.9 Å². The summed E-state index contributed by atoms with van der Waals surface area (Å²) in [6.45, 7) is 1.03. The van der Waals surface area contributed by atoms with E-state index in [1.165, 1.54) is 25.7 Å². The summed E-state index contributed by atoms with van der Waals surface area (Å²) in [5.41, 5.74) is 5.02. The zero-order chi connectivity index (χ0) is 12.5. The van der Waals surface area contributed by atoms with Gasteiger partial charge in [0.1, 0.15) is 0 Å². The molecule has 5 nitrogen and oxygen atoms in total. The molecule has 0 aliphatic heterocycles. The fourth-order valence-corrected chi connectivity index (χ4v) is 2.08. The minimum Gasteiger partial charge on any atom is -0.370 e. The first-order chi connectivity index (χ1) is 8.18. The van der Waals surface area contributed by atoms with Gasteiger partial charge in [-0.15, -0.1) is 0 Å². The van der Waals surface area contributed by atoms with Crippen molar-refractivity contribution in [2.24, 2.45) is 5.73 Å². The van der Waals surface area contributed by atoms with E-state index in [1.54, 1.807) is 0 Å². The summed E-state index contributed by atoms with van der Waals surface area (Å²) in [6, 6.07) is 0.524. The highest BCUT2D eigenvalue weighted by atomic mass is 16.2. The van der Waals surface area contributed by atoms with Gasteiger partial charge in [0.05, 0.1) is 6.54 Å². The Labute approximate surface area is 103 Å². The molecule has 4 N–H and O–H groups in total. The van der Waals surface area contributed by atoms with Crippen molar-refractivity contribution in [1.82, 2.24) is 10.6 Å². The van der Waals surface area contributed by atoms with Gasteiger partial charge in [0.2, 0.25) is 11.8 Å². The molecule has 5 heteroatoms. The topological polar surface area (TPSA) is 84.2 Å². The van der Waals surface area contributed by atoms with E-state index < -0.39 is 0 Å². The van der Waals surface area contributed by atoms with Gasteiger partial charge in [0.25, 0.3) is 0 Å². The smallest absolute Gasteiger partial charge is 0.233 e. The van der Waals surface area contributed by atoms with Crippen LogP contribution in [0, 0.1) is 0 Å². The lowest BCUT2D eigenvalue weighted by Gasteiger charge is -2.11. The van der Waals surface area contributed by atoms with Crippen LogP contribution in [0.15, 0.2) is 0 Å². The number of primary amides is 1. The molecule has 1 aliphatic rings. The number of carbonyl (C=O) groups excluding carboxylic acids is 2. The van der Waals surface area contributed by atoms with E-state index in [0.717, 1.165) is 12.8 Å². The molecule has 1 fully saturated rings. The lowest BCUT2D eigenvalue weighted by molar-refractivity contribution is -0.120. The first-order valence-corrected chi connectivity index (χ1v) is 6.47. The minimum absolute atomic E-state index is 0.0379. The molecule has 1 rings (SSSR count). The number of nitrogens with one attached hydrogen (secondary N) is 2. The molecule has 0 saturated heterocycles. The number of nitrogens with two attached hydrogens (primary N) is 1. The molecule has 0 bridgehead atoms. The van der Waals surface area contributed by atoms with Crippen LogP contribution in [0.3, 0.4) is 0 Å². The van der Waals surface area contributed by atoms with Crippen LogP contribution in [0.5, 0.6) is 0 Å². The van der Waals surface area contributed by atoms with Crippen molar-refractivity contribution < 1.29 is 9.59 Å². The van der Waals surface area contributed by atoms with Gasteiger partial charge in [-0.05, 0) is 25.7 Å². The molecule has 1 saturated carbocycles. The molecule has 0 aromatic carbocycles. The van der Waals surface area contributed by atoms with Gasteiger partial charge in [-0.1, -0.05) is 12.8 Å². The van der Waals surface area contributed by atoms with Crippen molar-refractivity contribution in [2.45, 2.75) is 51.0 Å². The summed E-state index contributed by atoms with van der Waals surface area (Å²) in [4.78, 5) is 21.9. The summed E-state index contributed by atoms with van der Waals surface area (Å²) < 4.78 is 0. The average Bonchev–Trinajstić information content (AvgIpc) is 2.78. The maximum atomic E-state index is 11.4. The Bertz CT molecular complexity index is 250. The first kappa shape index (κ1) is 14.0. The molecule has 17 heavy (non-hydrogen) atoms. The van der Waals surface area contributed by atoms with Crippen molar-refractivity contribution in [1.29, 1.82) is 0 Å². The third-order valence-electron chi connectivity index (χ3n) is 3.08. The fourth-order valence-electron chi connectivity index (χ4n) is 2.08. The molecule has 0 aromatic rings. The quantitative estimate of drug-likeness (QED) is 0.534. The van der Waals surface area contributed by atoms with E-state index in [2.05, 4.69) is 10.6 Å². The number of hydrogen-bond donors (Lipinski definition) is 3. The van der Waals surface area contributed by atoms with Crippen molar-refractivity contribution in [2.75, 3.05) is 13.1 Å². The van der Waals surface area contributed by atoms with Gasteiger partial charge >= 0.3 is 0 Å². The van der Waals surface area contributed by atoms with Crippen molar-refractivity contribution in [3.05, 3.63) is 0 Å². The second kappa shape index (κ2) is 8.06. The predicted octanol–water partition coefficient (Wildman–Crippen LogP) is 0.290. The Morgan fingerprint density at radius 1 is 1.18 bits per heavy atom. The predicted molar refractivity (Wildman–Crippen MR) is 66.3 cm³/mol. The van der Waals surface area contributed by atoms with E-state index in [9.17, 15) is 9.59 Å². The van der Waals surface area contributed by atoms with E-state index in [4.69, 9.17) is 5.73 Å². The number of rotatable bonds is 8. The molecule has 0 radical (unpaired) electrons. The minimum atomic E-state index is -0.278. The van der Waals surface area contributed by atoms with Crippen LogP contribution in [0.4, 0.5) is 0 Å². The first-order valence-electron chi connectivity index (χ1n) is 6.47. The highest BCUT2D eigenvalue weighted by Gasteiger charge is 2.14. The zero-order valence-electron chi connectivity index (χ0n) is 10.3. The van der Waals surface area contributed by atoms with Gasteiger partial charge < -0.3 is 16.4 Å². The van der Waals surface area contributed by atoms with Gasteiger partial charge in [0.15, 0.2) is 0 Å². The molecular weight excluding hydrogens is 218 g/mol. The van der Waals surface area contributed by atoms with Crippen molar-refractivity contribution in [3.63, 3.8) is 0 Å². The Morgan fingerprint density at radius 2 is 1.88 bits per heavy atom. The molecule has 0 heterocycles. The molecule has 2 amide bonds. The van der Waals surface area contributed by atoms with Crippen molar-refractivity contribution >= 4 is 11.8 Å². The standard InChI is InChI=1S/C12H23N3O2/c13-11(16)7-3-4-8-14-12(17)9-15-10-5-1-2-6-10/h10,15H,1-9H2,(H2,13,16)(H,14,17). The Balaban J connectivity index is 1.92. The maximum Gasteiger partial charge on any atom is 0.233 e. The zero-order valence-corrected chi connectivity index (χ0v) is 10.3. The molecular formula is C12H23N3O2. The Morgan fingerprint density at radius 3 is 2.53 bits per heavy atom. The Kier molecular flexibility index (Phi) is 6.62. The summed E-state index contributed by atoms with van der Waals surface area (Å²) in [5, 5.41) is 6.08. The maximum absolute atomic E-state index is 11.4. The van der Waals surface area contributed by atoms with Crippen molar-refractivity contribution in [3.8, 4) is 0 Å². The Hall–Kier alpha value is -1.10. The van der Waals surface area contributed by atoms with E-state index >= 15 is 0 Å². The monoisotopic (exact) mass is 241 g/mol.